The molecule has 0 spiro atoms. The van der Waals surface area contributed by atoms with Gasteiger partial charge >= 0.3 is 0 Å². The molecule has 3 unspecified atom stereocenters. The first-order valence-electron chi connectivity index (χ1n) is 7.63. The fraction of sp³-hybridized carbons (Fsp3) is 1.00. The minimum Gasteiger partial charge on any atom is -0.123 e. The van der Waals surface area contributed by atoms with Gasteiger partial charge in [0, 0.05) is 5.38 Å². The summed E-state index contributed by atoms with van der Waals surface area (Å²) < 4.78 is 0. The molecule has 0 radical (unpaired) electrons. The molecule has 2 rings (SSSR count). The van der Waals surface area contributed by atoms with Crippen LogP contribution in [0.4, 0.5) is 0 Å². The molecule has 3 atom stereocenters. The molecule has 2 aliphatic carbocycles. The lowest BCUT2D eigenvalue weighted by molar-refractivity contribution is 0.112. The van der Waals surface area contributed by atoms with Gasteiger partial charge in [-0.2, -0.15) is 0 Å². The van der Waals surface area contributed by atoms with Gasteiger partial charge in [0.1, 0.15) is 0 Å². The van der Waals surface area contributed by atoms with E-state index in [1.165, 1.54) is 51.4 Å². The van der Waals surface area contributed by atoms with E-state index in [-0.39, 0.29) is 0 Å². The number of hydrogen-bond donors (Lipinski definition) is 0. The molecule has 2 fully saturated rings. The van der Waals surface area contributed by atoms with E-state index in [2.05, 4.69) is 20.8 Å². The van der Waals surface area contributed by atoms with Crippen molar-refractivity contribution in [3.63, 3.8) is 0 Å². The molecule has 0 bridgehead atoms. The van der Waals surface area contributed by atoms with Crippen molar-refractivity contribution in [1.82, 2.24) is 0 Å². The van der Waals surface area contributed by atoms with Crippen LogP contribution in [0.2, 0.25) is 0 Å². The highest BCUT2D eigenvalue weighted by Gasteiger charge is 2.39. The van der Waals surface area contributed by atoms with Gasteiger partial charge in [-0.05, 0) is 42.4 Å². The smallest absolute Gasteiger partial charge is 0.0371 e. The molecule has 0 aromatic heterocycles. The van der Waals surface area contributed by atoms with E-state index < -0.39 is 0 Å². The van der Waals surface area contributed by atoms with Crippen LogP contribution in [-0.2, 0) is 0 Å². The van der Waals surface area contributed by atoms with E-state index in [0.717, 1.165) is 17.8 Å². The normalized spacial score (nSPS) is 36.4. The molecule has 0 saturated heterocycles. The zero-order valence-electron chi connectivity index (χ0n) is 11.8. The summed E-state index contributed by atoms with van der Waals surface area (Å²) in [6.07, 6.45) is 11.3. The summed E-state index contributed by atoms with van der Waals surface area (Å²) in [6.45, 7) is 7.30. The molecule has 100 valence electrons. The predicted molar refractivity (Wildman–Crippen MR) is 76.5 cm³/mol. The summed E-state index contributed by atoms with van der Waals surface area (Å²) in [7, 11) is 0. The summed E-state index contributed by atoms with van der Waals surface area (Å²) in [6, 6.07) is 0. The molecule has 0 aliphatic heterocycles. The van der Waals surface area contributed by atoms with Crippen LogP contribution in [0.5, 0.6) is 0 Å². The van der Waals surface area contributed by atoms with Crippen molar-refractivity contribution in [3.05, 3.63) is 0 Å². The minimum absolute atomic E-state index is 0.426. The molecule has 0 aromatic rings. The van der Waals surface area contributed by atoms with Crippen molar-refractivity contribution in [2.75, 3.05) is 0 Å². The van der Waals surface area contributed by atoms with E-state index in [9.17, 15) is 0 Å². The van der Waals surface area contributed by atoms with E-state index in [1.54, 1.807) is 0 Å². The molecule has 0 aromatic carbocycles. The molecule has 2 aliphatic rings. The molecule has 1 heteroatoms. The first-order chi connectivity index (χ1) is 7.99. The molecule has 0 N–H and O–H groups in total. The number of rotatable bonds is 3. The first-order valence-corrected chi connectivity index (χ1v) is 8.07. The van der Waals surface area contributed by atoms with Gasteiger partial charge < -0.3 is 0 Å². The van der Waals surface area contributed by atoms with Crippen LogP contribution in [-0.4, -0.2) is 5.38 Å². The third kappa shape index (κ3) is 3.40. The Labute approximate surface area is 113 Å². The number of hydrogen-bond acceptors (Lipinski definition) is 0. The Morgan fingerprint density at radius 3 is 2.29 bits per heavy atom. The van der Waals surface area contributed by atoms with E-state index in [0.29, 0.717) is 10.8 Å². The summed E-state index contributed by atoms with van der Waals surface area (Å²) in [5, 5.41) is 0.426. The van der Waals surface area contributed by atoms with Gasteiger partial charge in [0.15, 0.2) is 0 Å². The summed E-state index contributed by atoms with van der Waals surface area (Å²) in [5.74, 6) is 2.59. The Balaban J connectivity index is 1.93. The zero-order chi connectivity index (χ0) is 12.5. The SMILES string of the molecule is CC1CCC(C(C)(C)CC2CCCC2)C(Cl)C1. The topological polar surface area (TPSA) is 0 Å². The second-order valence-corrected chi connectivity index (χ2v) is 7.94. The Morgan fingerprint density at radius 1 is 1.06 bits per heavy atom. The van der Waals surface area contributed by atoms with Gasteiger partial charge in [-0.15, -0.1) is 11.6 Å². The monoisotopic (exact) mass is 256 g/mol. The minimum atomic E-state index is 0.426. The third-order valence-electron chi connectivity index (χ3n) is 5.33. The van der Waals surface area contributed by atoms with Gasteiger partial charge in [-0.1, -0.05) is 52.9 Å². The van der Waals surface area contributed by atoms with Crippen molar-refractivity contribution < 1.29 is 0 Å². The van der Waals surface area contributed by atoms with Crippen molar-refractivity contribution in [1.29, 1.82) is 0 Å². The lowest BCUT2D eigenvalue weighted by Gasteiger charge is -2.43. The maximum atomic E-state index is 6.65. The molecule has 17 heavy (non-hydrogen) atoms. The lowest BCUT2D eigenvalue weighted by Crippen LogP contribution is -2.37. The highest BCUT2D eigenvalue weighted by Crippen LogP contribution is 2.47. The highest BCUT2D eigenvalue weighted by atomic mass is 35.5. The summed E-state index contributed by atoms with van der Waals surface area (Å²) >= 11 is 6.65. The van der Waals surface area contributed by atoms with E-state index >= 15 is 0 Å². The van der Waals surface area contributed by atoms with Crippen molar-refractivity contribution in [2.45, 2.75) is 77.5 Å². The van der Waals surface area contributed by atoms with Crippen LogP contribution in [0.1, 0.15) is 72.1 Å². The van der Waals surface area contributed by atoms with Crippen LogP contribution >= 0.6 is 11.6 Å². The van der Waals surface area contributed by atoms with Gasteiger partial charge in [0.25, 0.3) is 0 Å². The number of alkyl halides is 1. The number of halogens is 1. The Morgan fingerprint density at radius 2 is 1.71 bits per heavy atom. The van der Waals surface area contributed by atoms with Crippen LogP contribution in [0.25, 0.3) is 0 Å². The van der Waals surface area contributed by atoms with Crippen molar-refractivity contribution >= 4 is 11.6 Å². The molecule has 0 amide bonds. The van der Waals surface area contributed by atoms with E-state index in [4.69, 9.17) is 11.6 Å². The van der Waals surface area contributed by atoms with Crippen LogP contribution in [0.3, 0.4) is 0 Å². The summed E-state index contributed by atoms with van der Waals surface area (Å²) in [4.78, 5) is 0. The van der Waals surface area contributed by atoms with Crippen LogP contribution in [0, 0.1) is 23.2 Å². The van der Waals surface area contributed by atoms with Gasteiger partial charge in [0.05, 0.1) is 0 Å². The average molecular weight is 257 g/mol. The predicted octanol–water partition coefficient (Wildman–Crippen LogP) is 5.64. The molecular formula is C16H29Cl. The highest BCUT2D eigenvalue weighted by molar-refractivity contribution is 6.20. The quantitative estimate of drug-likeness (QED) is 0.574. The van der Waals surface area contributed by atoms with Gasteiger partial charge in [-0.3, -0.25) is 0 Å². The second kappa shape index (κ2) is 5.51. The molecule has 0 nitrogen and oxygen atoms in total. The molecule has 2 saturated carbocycles. The van der Waals surface area contributed by atoms with Crippen LogP contribution in [0.15, 0.2) is 0 Å². The average Bonchev–Trinajstić information content (AvgIpc) is 2.68. The second-order valence-electron chi connectivity index (χ2n) is 7.38. The molecule has 0 heterocycles. The molecular weight excluding hydrogens is 228 g/mol. The maximum Gasteiger partial charge on any atom is 0.0371 e. The Bertz CT molecular complexity index is 240. The fourth-order valence-electron chi connectivity index (χ4n) is 4.30. The summed E-state index contributed by atoms with van der Waals surface area (Å²) in [5.41, 5.74) is 0.460. The zero-order valence-corrected chi connectivity index (χ0v) is 12.6. The lowest BCUT2D eigenvalue weighted by atomic mass is 9.65. The first kappa shape index (κ1) is 13.7. The maximum absolute atomic E-state index is 6.65. The van der Waals surface area contributed by atoms with Gasteiger partial charge in [0.2, 0.25) is 0 Å². The largest absolute Gasteiger partial charge is 0.123 e. The fourth-order valence-corrected chi connectivity index (χ4v) is 5.07. The van der Waals surface area contributed by atoms with Gasteiger partial charge in [-0.25, -0.2) is 0 Å². The third-order valence-corrected chi connectivity index (χ3v) is 5.81. The van der Waals surface area contributed by atoms with Crippen molar-refractivity contribution in [2.24, 2.45) is 23.2 Å². The Kier molecular flexibility index (Phi) is 4.45. The standard InChI is InChI=1S/C16H29Cl/c1-12-8-9-14(15(17)10-12)16(2,3)11-13-6-4-5-7-13/h12-15H,4-11H2,1-3H3. The van der Waals surface area contributed by atoms with E-state index in [1.807, 2.05) is 0 Å². The Hall–Kier alpha value is 0.290. The van der Waals surface area contributed by atoms with Crippen molar-refractivity contribution in [3.8, 4) is 0 Å². The van der Waals surface area contributed by atoms with Crippen LogP contribution < -0.4 is 0 Å².